The minimum Gasteiger partial charge on any atom is -0.497 e. The van der Waals surface area contributed by atoms with E-state index in [0.29, 0.717) is 6.42 Å². The lowest BCUT2D eigenvalue weighted by molar-refractivity contribution is 0.175. The van der Waals surface area contributed by atoms with Crippen LogP contribution in [-0.2, 0) is 13.0 Å². The van der Waals surface area contributed by atoms with E-state index in [4.69, 9.17) is 4.74 Å². The first kappa shape index (κ1) is 15.1. The highest BCUT2D eigenvalue weighted by Gasteiger charge is 2.17. The molecule has 0 aliphatic carbocycles. The Balaban J connectivity index is 2.20. The Morgan fingerprint density at radius 2 is 2.00 bits per heavy atom. The number of ether oxygens (including phenoxy) is 1. The third-order valence-electron chi connectivity index (χ3n) is 3.34. The number of hydrogen-bond acceptors (Lipinski definition) is 3. The van der Waals surface area contributed by atoms with E-state index in [-0.39, 0.29) is 0 Å². The number of rotatable bonds is 5. The van der Waals surface area contributed by atoms with Gasteiger partial charge in [-0.05, 0) is 47.5 Å². The van der Waals surface area contributed by atoms with Crippen molar-refractivity contribution in [2.75, 3.05) is 7.11 Å². The zero-order valence-electron chi connectivity index (χ0n) is 11.9. The van der Waals surface area contributed by atoms with Gasteiger partial charge in [-0.2, -0.15) is 5.10 Å². The molecule has 0 fully saturated rings. The minimum absolute atomic E-state index is 0.529. The summed E-state index contributed by atoms with van der Waals surface area (Å²) in [5.41, 5.74) is 2.84. The number of aliphatic hydroxyl groups excluding tert-OH is 1. The summed E-state index contributed by atoms with van der Waals surface area (Å²) in [5.74, 6) is 0.788. The Bertz CT molecular complexity index is 578. The second-order valence-corrected chi connectivity index (χ2v) is 5.45. The predicted octanol–water partition coefficient (Wildman–Crippen LogP) is 3.26. The molecule has 1 aromatic heterocycles. The highest BCUT2D eigenvalue weighted by atomic mass is 79.9. The molecule has 1 unspecified atom stereocenters. The van der Waals surface area contributed by atoms with E-state index >= 15 is 0 Å². The van der Waals surface area contributed by atoms with Gasteiger partial charge in [-0.15, -0.1) is 0 Å². The molecular formula is C15H19BrN2O2. The Kier molecular flexibility index (Phi) is 4.83. The normalized spacial score (nSPS) is 12.4. The van der Waals surface area contributed by atoms with Crippen molar-refractivity contribution in [2.45, 2.75) is 32.9 Å². The third-order valence-corrected chi connectivity index (χ3v) is 4.37. The fourth-order valence-electron chi connectivity index (χ4n) is 2.19. The number of aromatic nitrogens is 2. The summed E-state index contributed by atoms with van der Waals surface area (Å²) in [6.07, 6.45) is -0.0275. The molecule has 0 saturated heterocycles. The van der Waals surface area contributed by atoms with Crippen molar-refractivity contribution in [1.29, 1.82) is 0 Å². The number of halogens is 1. The quantitative estimate of drug-likeness (QED) is 0.910. The first-order valence-corrected chi connectivity index (χ1v) is 7.39. The summed E-state index contributed by atoms with van der Waals surface area (Å²) in [6.45, 7) is 4.79. The van der Waals surface area contributed by atoms with Crippen LogP contribution < -0.4 is 4.74 Å². The fourth-order valence-corrected chi connectivity index (χ4v) is 2.64. The predicted molar refractivity (Wildman–Crippen MR) is 82.0 cm³/mol. The lowest BCUT2D eigenvalue weighted by Gasteiger charge is -2.13. The SMILES string of the molecule is CCn1nc(C)c(Br)c1CC(O)c1ccc(OC)cc1. The molecule has 108 valence electrons. The van der Waals surface area contributed by atoms with Crippen molar-refractivity contribution in [1.82, 2.24) is 9.78 Å². The first-order valence-electron chi connectivity index (χ1n) is 6.60. The van der Waals surface area contributed by atoms with Crippen LogP contribution in [0.25, 0.3) is 0 Å². The summed E-state index contributed by atoms with van der Waals surface area (Å²) in [7, 11) is 1.63. The van der Waals surface area contributed by atoms with Gasteiger partial charge in [0.1, 0.15) is 5.75 Å². The van der Waals surface area contributed by atoms with Crippen LogP contribution in [-0.4, -0.2) is 22.0 Å². The number of hydrogen-bond donors (Lipinski definition) is 1. The van der Waals surface area contributed by atoms with Crippen LogP contribution in [0.15, 0.2) is 28.7 Å². The molecule has 1 N–H and O–H groups in total. The van der Waals surface area contributed by atoms with Crippen LogP contribution in [0, 0.1) is 6.92 Å². The molecular weight excluding hydrogens is 320 g/mol. The van der Waals surface area contributed by atoms with Crippen molar-refractivity contribution in [3.8, 4) is 5.75 Å². The molecule has 1 aromatic carbocycles. The number of methoxy groups -OCH3 is 1. The van der Waals surface area contributed by atoms with E-state index in [0.717, 1.165) is 33.7 Å². The van der Waals surface area contributed by atoms with Crippen molar-refractivity contribution in [3.63, 3.8) is 0 Å². The molecule has 0 radical (unpaired) electrons. The second kappa shape index (κ2) is 6.41. The highest BCUT2D eigenvalue weighted by Crippen LogP contribution is 2.27. The zero-order valence-corrected chi connectivity index (χ0v) is 13.5. The lowest BCUT2D eigenvalue weighted by Crippen LogP contribution is -2.09. The van der Waals surface area contributed by atoms with Gasteiger partial charge in [-0.3, -0.25) is 4.68 Å². The molecule has 2 aromatic rings. The Morgan fingerprint density at radius 1 is 1.35 bits per heavy atom. The maximum absolute atomic E-state index is 10.4. The number of aryl methyl sites for hydroxylation is 2. The third kappa shape index (κ3) is 3.04. The second-order valence-electron chi connectivity index (χ2n) is 4.65. The van der Waals surface area contributed by atoms with Gasteiger partial charge in [0.25, 0.3) is 0 Å². The molecule has 4 nitrogen and oxygen atoms in total. The van der Waals surface area contributed by atoms with Crippen molar-refractivity contribution < 1.29 is 9.84 Å². The van der Waals surface area contributed by atoms with Gasteiger partial charge in [0.15, 0.2) is 0 Å². The molecule has 2 rings (SSSR count). The average molecular weight is 339 g/mol. The standard InChI is InChI=1S/C15H19BrN2O2/c1-4-18-13(15(16)10(2)17-18)9-14(19)11-5-7-12(20-3)8-6-11/h5-8,14,19H,4,9H2,1-3H3. The maximum Gasteiger partial charge on any atom is 0.118 e. The van der Waals surface area contributed by atoms with E-state index < -0.39 is 6.10 Å². The van der Waals surface area contributed by atoms with Gasteiger partial charge in [-0.25, -0.2) is 0 Å². The van der Waals surface area contributed by atoms with Gasteiger partial charge in [-0.1, -0.05) is 12.1 Å². The maximum atomic E-state index is 10.4. The summed E-state index contributed by atoms with van der Waals surface area (Å²) >= 11 is 3.55. The van der Waals surface area contributed by atoms with Crippen LogP contribution in [0.3, 0.4) is 0 Å². The van der Waals surface area contributed by atoms with Crippen molar-refractivity contribution in [2.24, 2.45) is 0 Å². The van der Waals surface area contributed by atoms with Crippen LogP contribution in [0.2, 0.25) is 0 Å². The molecule has 0 spiro atoms. The Morgan fingerprint density at radius 3 is 2.55 bits per heavy atom. The minimum atomic E-state index is -0.557. The molecule has 0 aliphatic heterocycles. The van der Waals surface area contributed by atoms with Gasteiger partial charge < -0.3 is 9.84 Å². The fraction of sp³-hybridized carbons (Fsp3) is 0.400. The highest BCUT2D eigenvalue weighted by molar-refractivity contribution is 9.10. The number of aliphatic hydroxyl groups is 1. The molecule has 0 aliphatic rings. The zero-order chi connectivity index (χ0) is 14.7. The Hall–Kier alpha value is -1.33. The molecule has 0 saturated carbocycles. The van der Waals surface area contributed by atoms with Crippen molar-refractivity contribution >= 4 is 15.9 Å². The van der Waals surface area contributed by atoms with Crippen LogP contribution in [0.5, 0.6) is 5.75 Å². The summed E-state index contributed by atoms with van der Waals surface area (Å²) in [4.78, 5) is 0. The van der Waals surface area contributed by atoms with Gasteiger partial charge in [0.2, 0.25) is 0 Å². The molecule has 0 bridgehead atoms. The number of benzene rings is 1. The molecule has 1 heterocycles. The first-order chi connectivity index (χ1) is 9.56. The average Bonchev–Trinajstić information content (AvgIpc) is 2.75. The molecule has 20 heavy (non-hydrogen) atoms. The van der Waals surface area contributed by atoms with Gasteiger partial charge in [0, 0.05) is 13.0 Å². The largest absolute Gasteiger partial charge is 0.497 e. The lowest BCUT2D eigenvalue weighted by atomic mass is 10.0. The summed E-state index contributed by atoms with van der Waals surface area (Å²) in [6, 6.07) is 7.49. The smallest absolute Gasteiger partial charge is 0.118 e. The monoisotopic (exact) mass is 338 g/mol. The van der Waals surface area contributed by atoms with Crippen LogP contribution >= 0.6 is 15.9 Å². The van der Waals surface area contributed by atoms with E-state index in [1.807, 2.05) is 42.8 Å². The van der Waals surface area contributed by atoms with Crippen LogP contribution in [0.1, 0.15) is 30.0 Å². The molecule has 1 atom stereocenters. The van der Waals surface area contributed by atoms with Gasteiger partial charge in [0.05, 0.1) is 29.1 Å². The van der Waals surface area contributed by atoms with Gasteiger partial charge >= 0.3 is 0 Å². The summed E-state index contributed by atoms with van der Waals surface area (Å²) < 4.78 is 8.02. The Labute approximate surface area is 127 Å². The summed E-state index contributed by atoms with van der Waals surface area (Å²) in [5, 5.41) is 14.8. The van der Waals surface area contributed by atoms with Crippen molar-refractivity contribution in [3.05, 3.63) is 45.7 Å². The van der Waals surface area contributed by atoms with E-state index in [2.05, 4.69) is 21.0 Å². The molecule has 5 heteroatoms. The van der Waals surface area contributed by atoms with Crippen LogP contribution in [0.4, 0.5) is 0 Å². The van der Waals surface area contributed by atoms with E-state index in [9.17, 15) is 5.11 Å². The topological polar surface area (TPSA) is 47.3 Å². The van der Waals surface area contributed by atoms with E-state index in [1.165, 1.54) is 0 Å². The number of nitrogens with zero attached hydrogens (tertiary/aromatic N) is 2. The molecule has 0 amide bonds. The van der Waals surface area contributed by atoms with E-state index in [1.54, 1.807) is 7.11 Å².